The van der Waals surface area contributed by atoms with Crippen molar-refractivity contribution in [2.24, 2.45) is 0 Å². The van der Waals surface area contributed by atoms with Gasteiger partial charge in [-0.3, -0.25) is 4.57 Å². The highest BCUT2D eigenvalue weighted by Crippen LogP contribution is 2.16. The molecule has 0 aliphatic heterocycles. The lowest BCUT2D eigenvalue weighted by atomic mass is 10.2. The number of aromatic nitrogens is 2. The molecule has 0 bridgehead atoms. The molecule has 8 heteroatoms. The van der Waals surface area contributed by atoms with Gasteiger partial charge in [-0.2, -0.15) is 4.98 Å². The summed E-state index contributed by atoms with van der Waals surface area (Å²) in [6.45, 7) is 8.74. The van der Waals surface area contributed by atoms with Crippen molar-refractivity contribution in [3.8, 4) is 5.69 Å². The lowest BCUT2D eigenvalue weighted by molar-refractivity contribution is 0.0231. The second-order valence-corrected chi connectivity index (χ2v) is 8.71. The number of nitrogen functional groups attached to an aromatic ring is 1. The Kier molecular flexibility index (Phi) is 7.45. The zero-order valence-corrected chi connectivity index (χ0v) is 18.9. The summed E-state index contributed by atoms with van der Waals surface area (Å²) in [4.78, 5) is 30.1. The molecule has 2 N–H and O–H groups in total. The highest BCUT2D eigenvalue weighted by Gasteiger charge is 2.22. The van der Waals surface area contributed by atoms with Gasteiger partial charge in [-0.05, 0) is 67.5 Å². The number of benzene rings is 1. The Balaban J connectivity index is 2.19. The van der Waals surface area contributed by atoms with Crippen LogP contribution in [0.5, 0.6) is 0 Å². The minimum atomic E-state index is -0.536. The van der Waals surface area contributed by atoms with E-state index in [0.29, 0.717) is 22.3 Å². The molecule has 1 amide bonds. The lowest BCUT2D eigenvalue weighted by Crippen LogP contribution is -2.37. The van der Waals surface area contributed by atoms with Gasteiger partial charge < -0.3 is 15.4 Å². The molecule has 1 heterocycles. The third-order valence-electron chi connectivity index (χ3n) is 3.93. The molecule has 0 radical (unpaired) electrons. The van der Waals surface area contributed by atoms with Crippen LogP contribution in [0.2, 0.25) is 0 Å². The van der Waals surface area contributed by atoms with E-state index < -0.39 is 11.3 Å². The highest BCUT2D eigenvalue weighted by molar-refractivity contribution is 14.1. The molecule has 2 rings (SSSR count). The number of anilines is 1. The minimum Gasteiger partial charge on any atom is -0.444 e. The van der Waals surface area contributed by atoms with Crippen LogP contribution in [-0.4, -0.2) is 32.7 Å². The van der Waals surface area contributed by atoms with Gasteiger partial charge in [0.15, 0.2) is 0 Å². The smallest absolute Gasteiger partial charge is 0.410 e. The summed E-state index contributed by atoms with van der Waals surface area (Å²) in [5.74, 6) is 0.224. The van der Waals surface area contributed by atoms with E-state index in [-0.39, 0.29) is 11.9 Å². The summed E-state index contributed by atoms with van der Waals surface area (Å²) in [7, 11) is 0. The number of amides is 1. The normalized spacial score (nSPS) is 11.3. The van der Waals surface area contributed by atoms with E-state index in [1.807, 2.05) is 67.6 Å². The van der Waals surface area contributed by atoms with Crippen molar-refractivity contribution in [2.75, 3.05) is 12.3 Å². The zero-order valence-electron chi connectivity index (χ0n) is 16.7. The predicted molar refractivity (Wildman–Crippen MR) is 119 cm³/mol. The third-order valence-corrected chi connectivity index (χ3v) is 4.76. The van der Waals surface area contributed by atoms with E-state index in [1.165, 1.54) is 4.57 Å². The molecule has 0 atom stereocenters. The second kappa shape index (κ2) is 9.40. The first-order chi connectivity index (χ1) is 13.1. The van der Waals surface area contributed by atoms with Crippen LogP contribution < -0.4 is 11.4 Å². The molecule has 28 heavy (non-hydrogen) atoms. The molecule has 0 aliphatic carbocycles. The van der Waals surface area contributed by atoms with Gasteiger partial charge in [-0.15, -0.1) is 0 Å². The summed E-state index contributed by atoms with van der Waals surface area (Å²) >= 11 is 2.04. The number of carbonyl (C=O) groups excluding carboxylic acids is 1. The Bertz CT molecular complexity index is 873. The third kappa shape index (κ3) is 6.22. The van der Waals surface area contributed by atoms with Crippen molar-refractivity contribution in [3.05, 3.63) is 50.1 Å². The molecular weight excluding hydrogens is 471 g/mol. The molecule has 2 aromatic rings. The monoisotopic (exact) mass is 498 g/mol. The summed E-state index contributed by atoms with van der Waals surface area (Å²) < 4.78 is 7.68. The maximum atomic E-state index is 12.5. The lowest BCUT2D eigenvalue weighted by Gasteiger charge is -2.27. The summed E-state index contributed by atoms with van der Waals surface area (Å²) in [5.41, 5.74) is 6.36. The van der Waals surface area contributed by atoms with Crippen LogP contribution in [-0.2, 0) is 11.3 Å². The van der Waals surface area contributed by atoms with Gasteiger partial charge in [0.25, 0.3) is 0 Å². The van der Waals surface area contributed by atoms with Crippen molar-refractivity contribution in [1.82, 2.24) is 14.5 Å². The number of nitrogens with zero attached hydrogens (tertiary/aromatic N) is 3. The minimum absolute atomic E-state index is 0.224. The van der Waals surface area contributed by atoms with E-state index >= 15 is 0 Å². The van der Waals surface area contributed by atoms with Crippen molar-refractivity contribution in [1.29, 1.82) is 0 Å². The van der Waals surface area contributed by atoms with E-state index in [0.717, 1.165) is 18.4 Å². The molecule has 0 saturated carbocycles. The molecule has 0 aliphatic rings. The van der Waals surface area contributed by atoms with Gasteiger partial charge in [0.1, 0.15) is 11.4 Å². The molecule has 0 unspecified atom stereocenters. The van der Waals surface area contributed by atoms with Crippen molar-refractivity contribution < 1.29 is 9.53 Å². The summed E-state index contributed by atoms with van der Waals surface area (Å²) in [6.07, 6.45) is 3.24. The van der Waals surface area contributed by atoms with Gasteiger partial charge in [0, 0.05) is 19.3 Å². The van der Waals surface area contributed by atoms with E-state index in [4.69, 9.17) is 10.5 Å². The topological polar surface area (TPSA) is 90.5 Å². The molecule has 0 fully saturated rings. The first-order valence-corrected chi connectivity index (χ1v) is 10.3. The number of rotatable bonds is 6. The second-order valence-electron chi connectivity index (χ2n) is 7.55. The molecule has 7 nitrogen and oxygen atoms in total. The van der Waals surface area contributed by atoms with Gasteiger partial charge in [-0.25, -0.2) is 9.59 Å². The number of unbranched alkanes of at least 4 members (excludes halogenated alkanes) is 1. The van der Waals surface area contributed by atoms with Gasteiger partial charge >= 0.3 is 11.8 Å². The van der Waals surface area contributed by atoms with Crippen LogP contribution in [0.15, 0.2) is 35.3 Å². The molecule has 1 aromatic carbocycles. The Hall–Kier alpha value is -2.10. The summed E-state index contributed by atoms with van der Waals surface area (Å²) in [5, 5.41) is 0. The number of carbonyl (C=O) groups is 1. The van der Waals surface area contributed by atoms with E-state index in [2.05, 4.69) is 11.9 Å². The Morgan fingerprint density at radius 1 is 1.29 bits per heavy atom. The van der Waals surface area contributed by atoms with Crippen LogP contribution in [0.1, 0.15) is 46.1 Å². The fraction of sp³-hybridized carbons (Fsp3) is 0.450. The van der Waals surface area contributed by atoms with E-state index in [9.17, 15) is 9.59 Å². The average molecular weight is 498 g/mol. The van der Waals surface area contributed by atoms with Crippen LogP contribution in [0.25, 0.3) is 5.69 Å². The number of ether oxygens (including phenoxy) is 1. The van der Waals surface area contributed by atoms with Crippen LogP contribution in [0.3, 0.4) is 0 Å². The van der Waals surface area contributed by atoms with Crippen molar-refractivity contribution >= 4 is 34.5 Å². The maximum absolute atomic E-state index is 12.5. The summed E-state index contributed by atoms with van der Waals surface area (Å²) in [6, 6.07) is 7.46. The van der Waals surface area contributed by atoms with Gasteiger partial charge in [0.2, 0.25) is 0 Å². The molecule has 0 spiro atoms. The average Bonchev–Trinajstić information content (AvgIpc) is 2.61. The van der Waals surface area contributed by atoms with Crippen molar-refractivity contribution in [3.63, 3.8) is 0 Å². The fourth-order valence-electron chi connectivity index (χ4n) is 2.52. The standard InChI is InChI=1S/C20H27IN4O3/c1-5-6-11-24(19(27)28-20(2,3)4)12-14-7-9-15(10-8-14)25-13-16(21)17(22)23-18(25)26/h7-10,13H,5-6,11-12H2,1-4H3,(H2,22,23,26). The number of halogens is 1. The van der Waals surface area contributed by atoms with Crippen LogP contribution >= 0.6 is 22.6 Å². The number of hydrogen-bond donors (Lipinski definition) is 1. The Morgan fingerprint density at radius 2 is 1.93 bits per heavy atom. The fourth-order valence-corrected chi connectivity index (χ4v) is 2.92. The van der Waals surface area contributed by atoms with Gasteiger partial charge in [0.05, 0.1) is 9.26 Å². The Morgan fingerprint density at radius 3 is 2.50 bits per heavy atom. The quantitative estimate of drug-likeness (QED) is 0.610. The SMILES string of the molecule is CCCCN(Cc1ccc(-n2cc(I)c(N)nc2=O)cc1)C(=O)OC(C)(C)C. The van der Waals surface area contributed by atoms with Gasteiger partial charge in [-0.1, -0.05) is 25.5 Å². The van der Waals surface area contributed by atoms with E-state index in [1.54, 1.807) is 11.1 Å². The number of hydrogen-bond acceptors (Lipinski definition) is 5. The maximum Gasteiger partial charge on any atom is 0.410 e. The molecule has 152 valence electrons. The van der Waals surface area contributed by atoms with Crippen LogP contribution in [0.4, 0.5) is 10.6 Å². The highest BCUT2D eigenvalue weighted by atomic mass is 127. The predicted octanol–water partition coefficient (Wildman–Crippen LogP) is 3.96. The largest absolute Gasteiger partial charge is 0.444 e. The van der Waals surface area contributed by atoms with Crippen LogP contribution in [0, 0.1) is 3.57 Å². The molecule has 1 aromatic heterocycles. The van der Waals surface area contributed by atoms with Crippen molar-refractivity contribution in [2.45, 2.75) is 52.7 Å². The Labute approximate surface area is 179 Å². The molecule has 0 saturated heterocycles. The first-order valence-electron chi connectivity index (χ1n) is 9.22. The molecular formula is C20H27IN4O3. The zero-order chi connectivity index (χ0) is 20.9. The first kappa shape index (κ1) is 22.2. The number of nitrogens with two attached hydrogens (primary N) is 1.